The first kappa shape index (κ1) is 33.8. The van der Waals surface area contributed by atoms with Gasteiger partial charge in [-0.3, -0.25) is 19.3 Å². The molecule has 1 N–H and O–H groups in total. The Morgan fingerprint density at radius 2 is 1.65 bits per heavy atom. The van der Waals surface area contributed by atoms with Gasteiger partial charge in [0.15, 0.2) is 5.17 Å². The van der Waals surface area contributed by atoms with Crippen molar-refractivity contribution in [2.45, 2.75) is 26.8 Å². The van der Waals surface area contributed by atoms with E-state index in [-0.39, 0.29) is 28.2 Å². The summed E-state index contributed by atoms with van der Waals surface area (Å²) in [5.74, 6) is -2.06. The van der Waals surface area contributed by atoms with Crippen LogP contribution in [-0.4, -0.2) is 38.1 Å². The molecule has 48 heavy (non-hydrogen) atoms. The van der Waals surface area contributed by atoms with E-state index in [4.69, 9.17) is 0 Å². The third kappa shape index (κ3) is 7.53. The van der Waals surface area contributed by atoms with Gasteiger partial charge in [-0.2, -0.15) is 4.99 Å². The summed E-state index contributed by atoms with van der Waals surface area (Å²) in [6.45, 7) is 9.20. The lowest BCUT2D eigenvalue weighted by Crippen LogP contribution is -2.42. The first-order valence-corrected chi connectivity index (χ1v) is 16.3. The van der Waals surface area contributed by atoms with Gasteiger partial charge in [0, 0.05) is 22.8 Å². The number of nitrogens with one attached hydrogen (secondary N) is 1. The molecular weight excluding hydrogens is 624 g/mol. The third-order valence-corrected chi connectivity index (χ3v) is 8.69. The molecule has 0 atom stereocenters. The van der Waals surface area contributed by atoms with Gasteiger partial charge in [-0.1, -0.05) is 103 Å². The molecule has 9 heteroatoms. The molecule has 0 spiro atoms. The van der Waals surface area contributed by atoms with E-state index in [0.717, 1.165) is 34.3 Å². The van der Waals surface area contributed by atoms with Gasteiger partial charge >= 0.3 is 0 Å². The summed E-state index contributed by atoms with van der Waals surface area (Å²) in [5, 5.41) is 3.18. The molecule has 0 radical (unpaired) electrons. The van der Waals surface area contributed by atoms with E-state index in [0.29, 0.717) is 16.9 Å². The minimum Gasteiger partial charge on any atom is -0.344 e. The first-order valence-electron chi connectivity index (χ1n) is 15.3. The van der Waals surface area contributed by atoms with Gasteiger partial charge in [0.2, 0.25) is 5.91 Å². The minimum atomic E-state index is -0.718. The Bertz CT molecular complexity index is 1940. The van der Waals surface area contributed by atoms with Crippen molar-refractivity contribution in [3.05, 3.63) is 167 Å². The van der Waals surface area contributed by atoms with Crippen molar-refractivity contribution in [2.75, 3.05) is 5.75 Å². The number of aryl methyl sites for hydroxylation is 1. The number of thioether (sulfide) groups is 1. The first-order chi connectivity index (χ1) is 23.2. The van der Waals surface area contributed by atoms with Gasteiger partial charge in [0.25, 0.3) is 11.8 Å². The Kier molecular flexibility index (Phi) is 10.8. The number of allylic oxidation sites excluding steroid dienone is 4. The van der Waals surface area contributed by atoms with Crippen LogP contribution in [0.4, 0.5) is 4.39 Å². The van der Waals surface area contributed by atoms with Crippen molar-refractivity contribution in [1.29, 1.82) is 0 Å². The largest absolute Gasteiger partial charge is 0.344 e. The van der Waals surface area contributed by atoms with Crippen molar-refractivity contribution in [3.8, 4) is 5.69 Å². The van der Waals surface area contributed by atoms with Gasteiger partial charge in [0.05, 0.1) is 11.8 Å². The number of aromatic nitrogens is 1. The highest BCUT2D eigenvalue weighted by Crippen LogP contribution is 2.29. The van der Waals surface area contributed by atoms with Crippen LogP contribution in [0.3, 0.4) is 0 Å². The SMILES string of the molecule is C=C/C=C\C(=C/C)N1C(=O)/C(=C/c2cc(C)n(-c3cccc(F)c3)c2C)C(=O)N=C1SCC(=O)NC(c1ccccc1)c1ccccc1. The number of carbonyl (C=O) groups excluding carboxylic acids is 3. The van der Waals surface area contributed by atoms with Crippen molar-refractivity contribution in [3.63, 3.8) is 0 Å². The zero-order chi connectivity index (χ0) is 34.2. The Hall–Kier alpha value is -5.54. The van der Waals surface area contributed by atoms with E-state index < -0.39 is 17.9 Å². The van der Waals surface area contributed by atoms with Crippen LogP contribution in [0.5, 0.6) is 0 Å². The number of hydrogen-bond donors (Lipinski definition) is 1. The summed E-state index contributed by atoms with van der Waals surface area (Å²) >= 11 is 1.00. The fourth-order valence-corrected chi connectivity index (χ4v) is 6.30. The third-order valence-electron chi connectivity index (χ3n) is 7.75. The number of halogens is 1. The molecule has 4 aromatic rings. The number of benzene rings is 3. The maximum Gasteiger partial charge on any atom is 0.285 e. The fraction of sp³-hybridized carbons (Fsp3) is 0.128. The van der Waals surface area contributed by atoms with Crippen LogP contribution in [-0.2, 0) is 14.4 Å². The summed E-state index contributed by atoms with van der Waals surface area (Å²) < 4.78 is 15.9. The molecule has 0 saturated carbocycles. The van der Waals surface area contributed by atoms with Crippen molar-refractivity contribution in [1.82, 2.24) is 14.8 Å². The molecule has 1 aliphatic heterocycles. The maximum absolute atomic E-state index is 14.1. The van der Waals surface area contributed by atoms with Crippen LogP contribution in [0, 0.1) is 19.7 Å². The molecule has 5 rings (SSSR count). The number of aliphatic imine (C=N–C) groups is 1. The van der Waals surface area contributed by atoms with Crippen molar-refractivity contribution < 1.29 is 18.8 Å². The number of amidine groups is 1. The standard InChI is InChI=1S/C39H35FN4O3S/c1-5-7-20-32(6-2)44-38(47)34(23-30-22-26(3)43(27(30)4)33-21-14-19-31(40)24-33)37(46)42-39(44)48-25-35(45)41-36(28-15-10-8-11-16-28)29-17-12-9-13-18-29/h5-24,36H,1,25H2,2-4H3,(H,41,45)/b20-7-,32-6+,34-23+. The Morgan fingerprint density at radius 3 is 2.25 bits per heavy atom. The highest BCUT2D eigenvalue weighted by atomic mass is 32.2. The second kappa shape index (κ2) is 15.4. The molecule has 0 fully saturated rings. The summed E-state index contributed by atoms with van der Waals surface area (Å²) in [6.07, 6.45) is 8.17. The van der Waals surface area contributed by atoms with Crippen LogP contribution in [0.15, 0.2) is 138 Å². The topological polar surface area (TPSA) is 83.8 Å². The molecule has 3 aromatic carbocycles. The molecule has 2 heterocycles. The van der Waals surface area contributed by atoms with Crippen LogP contribution < -0.4 is 5.32 Å². The maximum atomic E-state index is 14.1. The van der Waals surface area contributed by atoms with E-state index >= 15 is 0 Å². The van der Waals surface area contributed by atoms with Gasteiger partial charge < -0.3 is 9.88 Å². The fourth-order valence-electron chi connectivity index (χ4n) is 5.49. The average Bonchev–Trinajstić information content (AvgIpc) is 3.38. The quantitative estimate of drug-likeness (QED) is 0.108. The van der Waals surface area contributed by atoms with E-state index in [1.54, 1.807) is 43.4 Å². The van der Waals surface area contributed by atoms with Crippen LogP contribution in [0.2, 0.25) is 0 Å². The highest BCUT2D eigenvalue weighted by molar-refractivity contribution is 8.14. The second-order valence-electron chi connectivity index (χ2n) is 11.0. The number of carbonyl (C=O) groups is 3. The van der Waals surface area contributed by atoms with Gasteiger partial charge in [-0.05, 0) is 73.9 Å². The molecule has 0 aliphatic carbocycles. The molecule has 1 aliphatic rings. The number of nitrogens with zero attached hydrogens (tertiary/aromatic N) is 3. The molecule has 0 saturated heterocycles. The molecular formula is C39H35FN4O3S. The monoisotopic (exact) mass is 658 g/mol. The Morgan fingerprint density at radius 1 is 0.979 bits per heavy atom. The number of hydrogen-bond acceptors (Lipinski definition) is 4. The molecule has 0 unspecified atom stereocenters. The molecule has 7 nitrogen and oxygen atoms in total. The van der Waals surface area contributed by atoms with E-state index in [1.807, 2.05) is 85.1 Å². The zero-order valence-corrected chi connectivity index (χ0v) is 27.7. The summed E-state index contributed by atoms with van der Waals surface area (Å²) in [6, 6.07) is 26.9. The molecule has 0 bridgehead atoms. The second-order valence-corrected chi connectivity index (χ2v) is 11.9. The highest BCUT2D eigenvalue weighted by Gasteiger charge is 2.35. The van der Waals surface area contributed by atoms with Gasteiger partial charge in [-0.25, -0.2) is 4.39 Å². The van der Waals surface area contributed by atoms with E-state index in [9.17, 15) is 18.8 Å². The Balaban J connectivity index is 1.45. The van der Waals surface area contributed by atoms with Gasteiger partial charge in [-0.15, -0.1) is 0 Å². The van der Waals surface area contributed by atoms with Crippen LogP contribution >= 0.6 is 11.8 Å². The smallest absolute Gasteiger partial charge is 0.285 e. The predicted octanol–water partition coefficient (Wildman–Crippen LogP) is 7.63. The molecule has 1 aromatic heterocycles. The summed E-state index contributed by atoms with van der Waals surface area (Å²) in [5.41, 5.74) is 4.93. The molecule has 242 valence electrons. The average molecular weight is 659 g/mol. The zero-order valence-electron chi connectivity index (χ0n) is 26.9. The molecule has 3 amide bonds. The van der Waals surface area contributed by atoms with Gasteiger partial charge in [0.1, 0.15) is 11.4 Å². The summed E-state index contributed by atoms with van der Waals surface area (Å²) in [4.78, 5) is 46.6. The number of amides is 3. The minimum absolute atomic E-state index is 0.0836. The van der Waals surface area contributed by atoms with Crippen LogP contribution in [0.1, 0.15) is 41.0 Å². The lowest BCUT2D eigenvalue weighted by molar-refractivity contribution is -0.126. The van der Waals surface area contributed by atoms with Crippen molar-refractivity contribution in [2.24, 2.45) is 4.99 Å². The summed E-state index contributed by atoms with van der Waals surface area (Å²) in [7, 11) is 0. The lowest BCUT2D eigenvalue weighted by Gasteiger charge is -2.28. The normalized spacial score (nSPS) is 14.6. The van der Waals surface area contributed by atoms with Crippen LogP contribution in [0.25, 0.3) is 11.8 Å². The predicted molar refractivity (Wildman–Crippen MR) is 191 cm³/mol. The Labute approximate surface area is 283 Å². The van der Waals surface area contributed by atoms with E-state index in [2.05, 4.69) is 16.9 Å². The lowest BCUT2D eigenvalue weighted by atomic mass is 9.99. The van der Waals surface area contributed by atoms with Crippen molar-refractivity contribution >= 4 is 40.7 Å². The van der Waals surface area contributed by atoms with E-state index in [1.165, 1.54) is 23.1 Å². The number of rotatable bonds is 10.